The minimum atomic E-state index is -0.279. The number of halogens is 1. The summed E-state index contributed by atoms with van der Waals surface area (Å²) < 4.78 is 21.2. The fourth-order valence-electron chi connectivity index (χ4n) is 4.11. The van der Waals surface area contributed by atoms with E-state index < -0.39 is 0 Å². The molecular weight excluding hydrogens is 441 g/mol. The number of carbonyl (C=O) groups excluding carboxylic acids is 1. The molecule has 0 atom stereocenters. The average Bonchev–Trinajstić information content (AvgIpc) is 3.17. The molecule has 178 valence electrons. The Labute approximate surface area is 204 Å². The van der Waals surface area contributed by atoms with E-state index in [0.29, 0.717) is 12.2 Å². The Hall–Kier alpha value is -4.19. The number of hydrogen-bond acceptors (Lipinski definition) is 3. The van der Waals surface area contributed by atoms with Gasteiger partial charge in [-0.25, -0.2) is 9.82 Å². The second-order valence-corrected chi connectivity index (χ2v) is 8.60. The third kappa shape index (κ3) is 5.66. The van der Waals surface area contributed by atoms with Gasteiger partial charge in [0.15, 0.2) is 0 Å². The first kappa shape index (κ1) is 24.0. The van der Waals surface area contributed by atoms with Gasteiger partial charge in [0.2, 0.25) is 0 Å². The number of nitrogens with zero attached hydrogens (tertiary/aromatic N) is 2. The molecule has 35 heavy (non-hydrogen) atoms. The Morgan fingerprint density at radius 3 is 2.26 bits per heavy atom. The van der Waals surface area contributed by atoms with Gasteiger partial charge in [-0.1, -0.05) is 18.2 Å². The number of ether oxygens (including phenoxy) is 1. The molecule has 0 aliphatic heterocycles. The predicted octanol–water partition coefficient (Wildman–Crippen LogP) is 6.19. The second kappa shape index (κ2) is 10.4. The molecule has 0 radical (unpaired) electrons. The Bertz CT molecular complexity index is 1350. The van der Waals surface area contributed by atoms with Gasteiger partial charge >= 0.3 is 0 Å². The molecule has 0 spiro atoms. The molecule has 0 fully saturated rings. The molecule has 3 aromatic carbocycles. The molecule has 1 N–H and O–H groups in total. The molecule has 0 unspecified atom stereocenters. The summed E-state index contributed by atoms with van der Waals surface area (Å²) >= 11 is 0. The fourth-order valence-corrected chi connectivity index (χ4v) is 4.11. The topological polar surface area (TPSA) is 55.6 Å². The third-order valence-corrected chi connectivity index (χ3v) is 5.80. The summed E-state index contributed by atoms with van der Waals surface area (Å²) in [6.07, 6.45) is 1.62. The monoisotopic (exact) mass is 469 g/mol. The number of nitrogens with one attached hydrogen (secondary N) is 1. The van der Waals surface area contributed by atoms with Crippen molar-refractivity contribution in [2.75, 3.05) is 0 Å². The van der Waals surface area contributed by atoms with E-state index in [-0.39, 0.29) is 11.7 Å². The van der Waals surface area contributed by atoms with Crippen LogP contribution in [-0.2, 0) is 6.61 Å². The summed E-state index contributed by atoms with van der Waals surface area (Å²) in [6, 6.07) is 21.7. The van der Waals surface area contributed by atoms with Crippen LogP contribution in [0.3, 0.4) is 0 Å². The summed E-state index contributed by atoms with van der Waals surface area (Å²) in [6.45, 7) is 8.34. The van der Waals surface area contributed by atoms with Crippen molar-refractivity contribution in [2.45, 2.75) is 34.3 Å². The molecule has 1 aromatic heterocycles. The van der Waals surface area contributed by atoms with Crippen molar-refractivity contribution in [2.24, 2.45) is 5.10 Å². The highest BCUT2D eigenvalue weighted by Gasteiger charge is 2.10. The van der Waals surface area contributed by atoms with Crippen LogP contribution in [0.25, 0.3) is 5.69 Å². The van der Waals surface area contributed by atoms with Gasteiger partial charge in [-0.2, -0.15) is 5.10 Å². The number of hydrogen-bond donors (Lipinski definition) is 1. The fraction of sp³-hybridized carbons (Fsp3) is 0.172. The molecule has 0 saturated carbocycles. The van der Waals surface area contributed by atoms with Crippen LogP contribution in [0.4, 0.5) is 4.39 Å². The van der Waals surface area contributed by atoms with E-state index in [1.807, 2.05) is 58.0 Å². The normalized spacial score (nSPS) is 11.1. The van der Waals surface area contributed by atoms with Crippen LogP contribution in [0.15, 0.2) is 77.9 Å². The SMILES string of the molecule is Cc1cc(/C=N\NC(=O)c2cccc(-n3c(C)ccc3C)c2)cc(C)c1OCc1ccc(F)cc1. The molecule has 1 amide bonds. The van der Waals surface area contributed by atoms with E-state index >= 15 is 0 Å². The molecule has 4 rings (SSSR count). The molecule has 6 heteroatoms. The molecule has 4 aromatic rings. The minimum absolute atomic E-state index is 0.268. The van der Waals surface area contributed by atoms with Gasteiger partial charge in [-0.05, 0) is 105 Å². The maximum atomic E-state index is 13.1. The van der Waals surface area contributed by atoms with Crippen molar-refractivity contribution in [3.05, 3.63) is 118 Å². The Balaban J connectivity index is 1.41. The number of carbonyl (C=O) groups is 1. The highest BCUT2D eigenvalue weighted by molar-refractivity contribution is 5.95. The van der Waals surface area contributed by atoms with Crippen molar-refractivity contribution in [1.82, 2.24) is 9.99 Å². The predicted molar refractivity (Wildman–Crippen MR) is 137 cm³/mol. The maximum Gasteiger partial charge on any atom is 0.271 e. The van der Waals surface area contributed by atoms with Crippen molar-refractivity contribution in [3.63, 3.8) is 0 Å². The number of rotatable bonds is 7. The quantitative estimate of drug-likeness (QED) is 0.259. The summed E-state index contributed by atoms with van der Waals surface area (Å²) in [5.74, 6) is 0.233. The van der Waals surface area contributed by atoms with Crippen LogP contribution in [0.1, 0.15) is 44.0 Å². The average molecular weight is 470 g/mol. The van der Waals surface area contributed by atoms with Gasteiger partial charge < -0.3 is 9.30 Å². The van der Waals surface area contributed by atoms with Gasteiger partial charge in [-0.15, -0.1) is 0 Å². The largest absolute Gasteiger partial charge is 0.488 e. The summed E-state index contributed by atoms with van der Waals surface area (Å²) in [5.41, 5.74) is 9.93. The van der Waals surface area contributed by atoms with Gasteiger partial charge in [-0.3, -0.25) is 4.79 Å². The number of aryl methyl sites for hydroxylation is 4. The van der Waals surface area contributed by atoms with Gasteiger partial charge in [0.05, 0.1) is 6.21 Å². The van der Waals surface area contributed by atoms with Crippen molar-refractivity contribution in [3.8, 4) is 11.4 Å². The lowest BCUT2D eigenvalue weighted by Crippen LogP contribution is -2.18. The Morgan fingerprint density at radius 2 is 1.60 bits per heavy atom. The highest BCUT2D eigenvalue weighted by atomic mass is 19.1. The lowest BCUT2D eigenvalue weighted by Gasteiger charge is -2.13. The van der Waals surface area contributed by atoms with Gasteiger partial charge in [0, 0.05) is 22.6 Å². The number of aromatic nitrogens is 1. The van der Waals surface area contributed by atoms with Crippen LogP contribution in [-0.4, -0.2) is 16.7 Å². The third-order valence-electron chi connectivity index (χ3n) is 5.80. The summed E-state index contributed by atoms with van der Waals surface area (Å²) in [4.78, 5) is 12.7. The van der Waals surface area contributed by atoms with E-state index in [1.165, 1.54) is 12.1 Å². The van der Waals surface area contributed by atoms with Crippen molar-refractivity contribution >= 4 is 12.1 Å². The first-order valence-electron chi connectivity index (χ1n) is 11.4. The first-order chi connectivity index (χ1) is 16.8. The van der Waals surface area contributed by atoms with Crippen molar-refractivity contribution in [1.29, 1.82) is 0 Å². The van der Waals surface area contributed by atoms with Crippen LogP contribution in [0, 0.1) is 33.5 Å². The highest BCUT2D eigenvalue weighted by Crippen LogP contribution is 2.25. The van der Waals surface area contributed by atoms with E-state index in [4.69, 9.17) is 4.74 Å². The van der Waals surface area contributed by atoms with E-state index in [0.717, 1.165) is 45.1 Å². The first-order valence-corrected chi connectivity index (χ1v) is 11.4. The standard InChI is InChI=1S/C29H28FN3O2/c1-19-14-24(15-20(2)28(19)35-18-23-10-12-26(30)13-11-23)17-31-32-29(34)25-6-5-7-27(16-25)33-21(3)8-9-22(33)4/h5-17H,18H2,1-4H3,(H,32,34)/b31-17-. The van der Waals surface area contributed by atoms with Crippen molar-refractivity contribution < 1.29 is 13.9 Å². The lowest BCUT2D eigenvalue weighted by molar-refractivity contribution is 0.0955. The number of hydrazone groups is 1. The molecular formula is C29H28FN3O2. The maximum absolute atomic E-state index is 13.1. The molecule has 0 aliphatic rings. The van der Waals surface area contributed by atoms with Crippen LogP contribution in [0.5, 0.6) is 5.75 Å². The summed E-state index contributed by atoms with van der Waals surface area (Å²) in [5, 5.41) is 4.15. The number of benzene rings is 3. The van der Waals surface area contributed by atoms with Gasteiger partial charge in [0.1, 0.15) is 18.2 Å². The smallest absolute Gasteiger partial charge is 0.271 e. The van der Waals surface area contributed by atoms with Gasteiger partial charge in [0.25, 0.3) is 5.91 Å². The molecule has 5 nitrogen and oxygen atoms in total. The summed E-state index contributed by atoms with van der Waals surface area (Å²) in [7, 11) is 0. The van der Waals surface area contributed by atoms with Crippen LogP contribution in [0.2, 0.25) is 0 Å². The Kier molecular flexibility index (Phi) is 7.11. The van der Waals surface area contributed by atoms with E-state index in [9.17, 15) is 9.18 Å². The Morgan fingerprint density at radius 1 is 0.943 bits per heavy atom. The van der Waals surface area contributed by atoms with E-state index in [2.05, 4.69) is 27.2 Å². The molecule has 0 bridgehead atoms. The van der Waals surface area contributed by atoms with E-state index in [1.54, 1.807) is 24.4 Å². The molecule has 0 saturated heterocycles. The van der Waals surface area contributed by atoms with Crippen LogP contribution < -0.4 is 10.2 Å². The van der Waals surface area contributed by atoms with Crippen LogP contribution >= 0.6 is 0 Å². The minimum Gasteiger partial charge on any atom is -0.488 e. The zero-order chi connectivity index (χ0) is 24.9. The zero-order valence-electron chi connectivity index (χ0n) is 20.3. The second-order valence-electron chi connectivity index (χ2n) is 8.60. The number of amides is 1. The lowest BCUT2D eigenvalue weighted by atomic mass is 10.1. The zero-order valence-corrected chi connectivity index (χ0v) is 20.3. The molecule has 0 aliphatic carbocycles. The molecule has 1 heterocycles.